The zero-order chi connectivity index (χ0) is 15.1. The molecule has 0 spiro atoms. The predicted octanol–water partition coefficient (Wildman–Crippen LogP) is -0.429. The third-order valence-corrected chi connectivity index (χ3v) is 3.81. The van der Waals surface area contributed by atoms with Crippen molar-refractivity contribution in [2.75, 3.05) is 24.7 Å². The van der Waals surface area contributed by atoms with Crippen LogP contribution in [0.1, 0.15) is 25.0 Å². The summed E-state index contributed by atoms with van der Waals surface area (Å²) in [5.74, 6) is 0. The Morgan fingerprint density at radius 2 is 1.71 bits per heavy atom. The van der Waals surface area contributed by atoms with Crippen molar-refractivity contribution < 1.29 is 28.8 Å². The van der Waals surface area contributed by atoms with Crippen LogP contribution in [0.3, 0.4) is 0 Å². The van der Waals surface area contributed by atoms with Crippen molar-refractivity contribution in [3.05, 3.63) is 29.3 Å². The number of urea groups is 1. The average molecular weight is 421 g/mol. The second-order valence-electron chi connectivity index (χ2n) is 4.53. The number of amides is 2. The fourth-order valence-corrected chi connectivity index (χ4v) is 2.34. The molecule has 2 N–H and O–H groups in total. The molecule has 0 aliphatic carbocycles. The minimum absolute atomic E-state index is 0. The second-order valence-corrected chi connectivity index (χ2v) is 5.34. The largest absolute Gasteiger partial charge is 1.00 e. The summed E-state index contributed by atoms with van der Waals surface area (Å²) in [6.45, 7) is 9.46. The van der Waals surface area contributed by atoms with E-state index in [-0.39, 0.29) is 30.0 Å². The summed E-state index contributed by atoms with van der Waals surface area (Å²) >= 11 is 1.50. The van der Waals surface area contributed by atoms with Crippen LogP contribution in [0, 0.1) is 13.8 Å². The number of hydrogen-bond acceptors (Lipinski definition) is 1. The number of halogens is 1. The molecule has 1 rings (SSSR count). The highest BCUT2D eigenvalue weighted by Crippen LogP contribution is 2.18. The van der Waals surface area contributed by atoms with Crippen molar-refractivity contribution in [1.29, 1.82) is 0 Å². The van der Waals surface area contributed by atoms with Crippen LogP contribution in [0.5, 0.6) is 0 Å². The number of anilines is 1. The van der Waals surface area contributed by atoms with Crippen LogP contribution < -0.4 is 34.6 Å². The predicted molar refractivity (Wildman–Crippen MR) is 89.3 cm³/mol. The lowest BCUT2D eigenvalue weighted by molar-refractivity contribution is -0.00000814. The maximum atomic E-state index is 12.1. The molecular formula is C15H24IN3OS. The van der Waals surface area contributed by atoms with Crippen LogP contribution in [0.2, 0.25) is 0 Å². The third kappa shape index (κ3) is 5.78. The summed E-state index contributed by atoms with van der Waals surface area (Å²) in [5, 5.41) is 7.00. The molecule has 0 radical (unpaired) electrons. The number of para-hydroxylation sites is 1. The lowest BCUT2D eigenvalue weighted by Crippen LogP contribution is -3.00. The van der Waals surface area contributed by atoms with Gasteiger partial charge in [0.1, 0.15) is 0 Å². The van der Waals surface area contributed by atoms with Crippen molar-refractivity contribution >= 4 is 28.2 Å². The van der Waals surface area contributed by atoms with Crippen molar-refractivity contribution in [3.8, 4) is 0 Å². The van der Waals surface area contributed by atoms with E-state index >= 15 is 0 Å². The van der Waals surface area contributed by atoms with E-state index in [1.807, 2.05) is 26.2 Å². The van der Waals surface area contributed by atoms with Gasteiger partial charge in [-0.3, -0.25) is 5.32 Å². The van der Waals surface area contributed by atoms with Crippen molar-refractivity contribution in [2.45, 2.75) is 27.7 Å². The highest BCUT2D eigenvalue weighted by molar-refractivity contribution is 7.78. The molecule has 1 aromatic rings. The number of carbonyl (C=O) groups excluding carboxylic acids is 1. The van der Waals surface area contributed by atoms with Crippen molar-refractivity contribution in [2.24, 2.45) is 0 Å². The van der Waals surface area contributed by atoms with Gasteiger partial charge in [-0.25, -0.2) is 10.1 Å². The standard InChI is InChI=1S/C15H23N3OS.HI/c1-6-18(7-2)15(19)17-14(20-5)16-13-11(3)9-8-10-12(13)4;/h8-10,16H,6-7H2,1-5H3;1H. The van der Waals surface area contributed by atoms with E-state index in [0.717, 1.165) is 21.9 Å². The first-order chi connectivity index (χ1) is 9.53. The Bertz CT molecular complexity index is 481. The summed E-state index contributed by atoms with van der Waals surface area (Å²) in [4.78, 5) is 13.8. The fraction of sp³-hybridized carbons (Fsp3) is 0.467. The van der Waals surface area contributed by atoms with Crippen LogP contribution in [-0.2, 0) is 11.4 Å². The van der Waals surface area contributed by atoms with Crippen LogP contribution in [0.4, 0.5) is 10.5 Å². The van der Waals surface area contributed by atoms with Gasteiger partial charge in [0.05, 0.1) is 0 Å². The van der Waals surface area contributed by atoms with Gasteiger partial charge in [0.2, 0.25) is 11.4 Å². The topological polar surface area (TPSA) is 44.4 Å². The monoisotopic (exact) mass is 421 g/mol. The van der Waals surface area contributed by atoms with Crippen LogP contribution in [-0.4, -0.2) is 35.4 Å². The Morgan fingerprint density at radius 1 is 1.19 bits per heavy atom. The van der Waals surface area contributed by atoms with Gasteiger partial charge in [0, 0.05) is 18.8 Å². The molecule has 0 unspecified atom stereocenters. The van der Waals surface area contributed by atoms with Gasteiger partial charge in [-0.2, -0.15) is 0 Å². The number of hydrogen-bond donors (Lipinski definition) is 2. The molecule has 0 atom stereocenters. The third-order valence-electron chi connectivity index (χ3n) is 3.19. The molecule has 2 amide bonds. The molecule has 1 aromatic carbocycles. The Morgan fingerprint density at radius 3 is 2.14 bits per heavy atom. The molecule has 0 saturated carbocycles. The summed E-state index contributed by atoms with van der Waals surface area (Å²) < 4.78 is 0. The highest BCUT2D eigenvalue weighted by atomic mass is 127. The van der Waals surface area contributed by atoms with E-state index in [4.69, 9.17) is 0 Å². The Kier molecular flexibility index (Phi) is 9.52. The quantitative estimate of drug-likeness (QED) is 0.396. The molecule has 0 heterocycles. The van der Waals surface area contributed by atoms with Crippen LogP contribution in [0.15, 0.2) is 18.2 Å². The maximum absolute atomic E-state index is 12.1. The van der Waals surface area contributed by atoms with E-state index in [1.165, 1.54) is 11.4 Å². The average Bonchev–Trinajstić information content (AvgIpc) is 2.43. The highest BCUT2D eigenvalue weighted by Gasteiger charge is 2.18. The SMILES string of the molecule is CCN(CC)C(=O)N/C(Nc1c(C)cccc1C)=[S+]/C.[I-]. The minimum Gasteiger partial charge on any atom is -1.00 e. The molecule has 0 aliphatic heterocycles. The number of carbonyl (C=O) groups is 1. The summed E-state index contributed by atoms with van der Waals surface area (Å²) in [6, 6.07) is 6.07. The molecule has 0 fully saturated rings. The van der Waals surface area contributed by atoms with Crippen molar-refractivity contribution in [1.82, 2.24) is 10.2 Å². The van der Waals surface area contributed by atoms with E-state index in [0.29, 0.717) is 13.1 Å². The van der Waals surface area contributed by atoms with Gasteiger partial charge in [-0.05, 0) is 38.8 Å². The molecule has 118 valence electrons. The van der Waals surface area contributed by atoms with Crippen LogP contribution >= 0.6 is 0 Å². The normalized spacial score (nSPS) is 10.6. The fourth-order valence-electron chi connectivity index (χ4n) is 1.95. The van der Waals surface area contributed by atoms with Gasteiger partial charge >= 0.3 is 11.1 Å². The molecule has 4 nitrogen and oxygen atoms in total. The molecule has 6 heteroatoms. The van der Waals surface area contributed by atoms with E-state index in [1.54, 1.807) is 4.90 Å². The number of rotatable bonds is 3. The Labute approximate surface area is 148 Å². The van der Waals surface area contributed by atoms with Gasteiger partial charge in [0.25, 0.3) is 0 Å². The first kappa shape index (κ1) is 20.1. The van der Waals surface area contributed by atoms with Gasteiger partial charge in [-0.15, -0.1) is 0 Å². The number of benzene rings is 1. The molecule has 21 heavy (non-hydrogen) atoms. The summed E-state index contributed by atoms with van der Waals surface area (Å²) in [6.07, 6.45) is 1.94. The Hall–Kier alpha value is -0.890. The molecule has 0 aromatic heterocycles. The summed E-state index contributed by atoms with van der Waals surface area (Å²) in [5.41, 5.74) is 3.37. The molecular weight excluding hydrogens is 397 g/mol. The molecule has 0 saturated heterocycles. The summed E-state index contributed by atoms with van der Waals surface area (Å²) in [7, 11) is 0. The van der Waals surface area contributed by atoms with E-state index < -0.39 is 0 Å². The van der Waals surface area contributed by atoms with Gasteiger partial charge < -0.3 is 28.9 Å². The minimum atomic E-state index is -0.0712. The smallest absolute Gasteiger partial charge is 0.375 e. The molecule has 0 aliphatic rings. The van der Waals surface area contributed by atoms with E-state index in [2.05, 4.69) is 36.6 Å². The van der Waals surface area contributed by atoms with Gasteiger partial charge in [0.15, 0.2) is 6.26 Å². The van der Waals surface area contributed by atoms with Crippen LogP contribution in [0.25, 0.3) is 0 Å². The lowest BCUT2D eigenvalue weighted by Gasteiger charge is -2.18. The van der Waals surface area contributed by atoms with Gasteiger partial charge in [-0.1, -0.05) is 18.2 Å². The van der Waals surface area contributed by atoms with E-state index in [9.17, 15) is 4.79 Å². The maximum Gasteiger partial charge on any atom is 0.375 e. The number of nitrogens with zero attached hydrogens (tertiary/aromatic N) is 1. The Balaban J connectivity index is 0.00000400. The number of aryl methyl sites for hydroxylation is 2. The lowest BCUT2D eigenvalue weighted by atomic mass is 10.1. The first-order valence-corrected chi connectivity index (χ1v) is 8.06. The second kappa shape index (κ2) is 9.94. The number of nitrogens with one attached hydrogen (secondary N) is 2. The zero-order valence-corrected chi connectivity index (χ0v) is 16.3. The van der Waals surface area contributed by atoms with Crippen molar-refractivity contribution in [3.63, 3.8) is 0 Å². The zero-order valence-electron chi connectivity index (χ0n) is 13.3. The molecule has 0 bridgehead atoms. The first-order valence-electron chi connectivity index (χ1n) is 6.83.